The summed E-state index contributed by atoms with van der Waals surface area (Å²) in [5, 5.41) is 0. The lowest BCUT2D eigenvalue weighted by molar-refractivity contribution is -0.139. The Balaban J connectivity index is 1.93. The zero-order valence-corrected chi connectivity index (χ0v) is 8.95. The molecule has 15 heavy (non-hydrogen) atoms. The van der Waals surface area contributed by atoms with Gasteiger partial charge in [-0.25, -0.2) is 0 Å². The van der Waals surface area contributed by atoms with E-state index in [-0.39, 0.29) is 18.2 Å². The number of rotatable bonds is 2. The Kier molecular flexibility index (Phi) is 3.05. The van der Waals surface area contributed by atoms with Crippen LogP contribution in [0.5, 0.6) is 0 Å². The molecule has 0 aromatic heterocycles. The maximum absolute atomic E-state index is 11.6. The van der Waals surface area contributed by atoms with E-state index in [0.717, 1.165) is 12.8 Å². The van der Waals surface area contributed by atoms with Gasteiger partial charge in [0.25, 0.3) is 0 Å². The molecule has 1 heterocycles. The van der Waals surface area contributed by atoms with Gasteiger partial charge < -0.3 is 5.73 Å². The number of nitrogens with zero attached hydrogens (tertiary/aromatic N) is 1. The molecule has 1 aliphatic carbocycles. The fraction of sp³-hybridized carbons (Fsp3) is 0.818. The molecule has 2 rings (SSSR count). The fourth-order valence-electron chi connectivity index (χ4n) is 2.53. The SMILES string of the molecule is NC1CC(=O)N(CC2CCCCC2)C1=O. The maximum Gasteiger partial charge on any atom is 0.246 e. The van der Waals surface area contributed by atoms with Crippen LogP contribution in [0.4, 0.5) is 0 Å². The van der Waals surface area contributed by atoms with Gasteiger partial charge in [0.2, 0.25) is 11.8 Å². The Morgan fingerprint density at radius 3 is 2.40 bits per heavy atom. The van der Waals surface area contributed by atoms with Crippen molar-refractivity contribution < 1.29 is 9.59 Å². The van der Waals surface area contributed by atoms with Gasteiger partial charge in [-0.3, -0.25) is 14.5 Å². The van der Waals surface area contributed by atoms with Crippen LogP contribution in [0.1, 0.15) is 38.5 Å². The summed E-state index contributed by atoms with van der Waals surface area (Å²) in [4.78, 5) is 24.4. The minimum absolute atomic E-state index is 0.0851. The molecule has 0 aromatic rings. The summed E-state index contributed by atoms with van der Waals surface area (Å²) in [5.41, 5.74) is 5.55. The summed E-state index contributed by atoms with van der Waals surface area (Å²) in [6.07, 6.45) is 6.24. The number of hydrogen-bond donors (Lipinski definition) is 1. The van der Waals surface area contributed by atoms with Crippen LogP contribution in [0.15, 0.2) is 0 Å². The predicted molar refractivity (Wildman–Crippen MR) is 55.9 cm³/mol. The Morgan fingerprint density at radius 2 is 1.87 bits per heavy atom. The van der Waals surface area contributed by atoms with Crippen molar-refractivity contribution in [3.63, 3.8) is 0 Å². The molecule has 2 N–H and O–H groups in total. The lowest BCUT2D eigenvalue weighted by Gasteiger charge is -2.25. The highest BCUT2D eigenvalue weighted by molar-refractivity contribution is 6.05. The summed E-state index contributed by atoms with van der Waals surface area (Å²) >= 11 is 0. The van der Waals surface area contributed by atoms with Crippen LogP contribution >= 0.6 is 0 Å². The van der Waals surface area contributed by atoms with Gasteiger partial charge in [0.1, 0.15) is 0 Å². The second-order valence-electron chi connectivity index (χ2n) is 4.66. The zero-order chi connectivity index (χ0) is 10.8. The van der Waals surface area contributed by atoms with E-state index in [1.165, 1.54) is 24.2 Å². The smallest absolute Gasteiger partial charge is 0.246 e. The van der Waals surface area contributed by atoms with E-state index in [1.54, 1.807) is 0 Å². The van der Waals surface area contributed by atoms with Gasteiger partial charge in [-0.05, 0) is 18.8 Å². The van der Waals surface area contributed by atoms with Gasteiger partial charge in [-0.15, -0.1) is 0 Å². The van der Waals surface area contributed by atoms with Crippen molar-refractivity contribution in [3.05, 3.63) is 0 Å². The zero-order valence-electron chi connectivity index (χ0n) is 8.95. The Labute approximate surface area is 89.8 Å². The molecule has 1 atom stereocenters. The number of imide groups is 1. The lowest BCUT2D eigenvalue weighted by Crippen LogP contribution is -2.38. The highest BCUT2D eigenvalue weighted by Crippen LogP contribution is 2.26. The van der Waals surface area contributed by atoms with Crippen molar-refractivity contribution >= 4 is 11.8 Å². The number of amides is 2. The Morgan fingerprint density at radius 1 is 1.20 bits per heavy atom. The molecule has 0 spiro atoms. The highest BCUT2D eigenvalue weighted by Gasteiger charge is 2.37. The summed E-state index contributed by atoms with van der Waals surface area (Å²) in [6.45, 7) is 0.603. The minimum atomic E-state index is -0.582. The first kappa shape index (κ1) is 10.6. The Hall–Kier alpha value is -0.900. The lowest BCUT2D eigenvalue weighted by atomic mass is 9.89. The number of likely N-dealkylation sites (tertiary alicyclic amines) is 1. The maximum atomic E-state index is 11.6. The molecule has 0 bridgehead atoms. The number of nitrogens with two attached hydrogens (primary N) is 1. The molecule has 4 heteroatoms. The fourth-order valence-corrected chi connectivity index (χ4v) is 2.53. The molecule has 1 aliphatic heterocycles. The van der Waals surface area contributed by atoms with Crippen LogP contribution < -0.4 is 5.73 Å². The second kappa shape index (κ2) is 4.31. The van der Waals surface area contributed by atoms with Crippen molar-refractivity contribution in [1.29, 1.82) is 0 Å². The van der Waals surface area contributed by atoms with E-state index in [9.17, 15) is 9.59 Å². The van der Waals surface area contributed by atoms with Crippen LogP contribution in [-0.2, 0) is 9.59 Å². The molecule has 0 aromatic carbocycles. The van der Waals surface area contributed by atoms with E-state index in [4.69, 9.17) is 5.73 Å². The van der Waals surface area contributed by atoms with E-state index < -0.39 is 6.04 Å². The van der Waals surface area contributed by atoms with E-state index >= 15 is 0 Å². The van der Waals surface area contributed by atoms with Gasteiger partial charge in [-0.1, -0.05) is 19.3 Å². The van der Waals surface area contributed by atoms with Crippen molar-refractivity contribution in [3.8, 4) is 0 Å². The molecule has 4 nitrogen and oxygen atoms in total. The summed E-state index contributed by atoms with van der Waals surface area (Å²) in [5.74, 6) is 0.251. The van der Waals surface area contributed by atoms with Crippen LogP contribution in [0.3, 0.4) is 0 Å². The van der Waals surface area contributed by atoms with Crippen molar-refractivity contribution in [2.45, 2.75) is 44.6 Å². The monoisotopic (exact) mass is 210 g/mol. The topological polar surface area (TPSA) is 63.4 Å². The molecule has 2 aliphatic rings. The summed E-state index contributed by atoms with van der Waals surface area (Å²) < 4.78 is 0. The van der Waals surface area contributed by atoms with E-state index in [1.807, 2.05) is 0 Å². The molecule has 1 saturated carbocycles. The summed E-state index contributed by atoms with van der Waals surface area (Å²) in [6, 6.07) is -0.582. The summed E-state index contributed by atoms with van der Waals surface area (Å²) in [7, 11) is 0. The average Bonchev–Trinajstić information content (AvgIpc) is 2.47. The highest BCUT2D eigenvalue weighted by atomic mass is 16.2. The third-order valence-electron chi connectivity index (χ3n) is 3.44. The molecule has 2 amide bonds. The molecule has 1 unspecified atom stereocenters. The van der Waals surface area contributed by atoms with Gasteiger partial charge in [0.05, 0.1) is 12.5 Å². The molecular formula is C11H18N2O2. The number of carbonyl (C=O) groups is 2. The van der Waals surface area contributed by atoms with Crippen LogP contribution in [0.2, 0.25) is 0 Å². The van der Waals surface area contributed by atoms with E-state index in [2.05, 4.69) is 0 Å². The van der Waals surface area contributed by atoms with Crippen LogP contribution in [0, 0.1) is 5.92 Å². The van der Waals surface area contributed by atoms with Crippen molar-refractivity contribution in [2.75, 3.05) is 6.54 Å². The minimum Gasteiger partial charge on any atom is -0.319 e. The normalized spacial score (nSPS) is 28.9. The quantitative estimate of drug-likeness (QED) is 0.681. The molecule has 0 radical (unpaired) electrons. The van der Waals surface area contributed by atoms with Gasteiger partial charge in [0, 0.05) is 6.54 Å². The van der Waals surface area contributed by atoms with Gasteiger partial charge >= 0.3 is 0 Å². The third kappa shape index (κ3) is 2.20. The molecular weight excluding hydrogens is 192 g/mol. The Bertz CT molecular complexity index is 272. The third-order valence-corrected chi connectivity index (χ3v) is 3.44. The number of hydrogen-bond acceptors (Lipinski definition) is 3. The first-order valence-electron chi connectivity index (χ1n) is 5.78. The number of carbonyl (C=O) groups excluding carboxylic acids is 2. The first-order chi connectivity index (χ1) is 7.18. The molecule has 84 valence electrons. The van der Waals surface area contributed by atoms with Crippen molar-refractivity contribution in [2.24, 2.45) is 11.7 Å². The van der Waals surface area contributed by atoms with Gasteiger partial charge in [0.15, 0.2) is 0 Å². The van der Waals surface area contributed by atoms with E-state index in [0.29, 0.717) is 12.5 Å². The average molecular weight is 210 g/mol. The van der Waals surface area contributed by atoms with Crippen LogP contribution in [0.25, 0.3) is 0 Å². The second-order valence-corrected chi connectivity index (χ2v) is 4.66. The van der Waals surface area contributed by atoms with Gasteiger partial charge in [-0.2, -0.15) is 0 Å². The standard InChI is InChI=1S/C11H18N2O2/c12-9-6-10(14)13(11(9)15)7-8-4-2-1-3-5-8/h8-9H,1-7,12H2. The largest absolute Gasteiger partial charge is 0.319 e. The predicted octanol–water partition coefficient (Wildman–Crippen LogP) is 0.653. The molecule has 2 fully saturated rings. The van der Waals surface area contributed by atoms with Crippen molar-refractivity contribution in [1.82, 2.24) is 4.90 Å². The molecule has 1 saturated heterocycles. The first-order valence-corrected chi connectivity index (χ1v) is 5.78. The van der Waals surface area contributed by atoms with Crippen LogP contribution in [-0.4, -0.2) is 29.3 Å².